The van der Waals surface area contributed by atoms with Crippen LogP contribution in [0.25, 0.3) is 5.69 Å². The van der Waals surface area contributed by atoms with E-state index in [1.165, 1.54) is 11.8 Å². The number of carbonyl (C=O) groups excluding carboxylic acids is 1. The van der Waals surface area contributed by atoms with Gasteiger partial charge in [0.2, 0.25) is 11.1 Å². The molecule has 0 unspecified atom stereocenters. The summed E-state index contributed by atoms with van der Waals surface area (Å²) in [5.74, 6) is 1.16. The zero-order valence-corrected chi connectivity index (χ0v) is 16.3. The molecular formula is C19H19N5O3S. The van der Waals surface area contributed by atoms with Crippen LogP contribution >= 0.6 is 11.8 Å². The summed E-state index contributed by atoms with van der Waals surface area (Å²) in [5, 5.41) is 14.9. The number of amides is 1. The fraction of sp³-hybridized carbons (Fsp3) is 0.263. The SMILES string of the molecule is Cc1ccc(-n2nnnc2S[C@H](C)C(=O)Nc2ccc3c(c2)OCCO3)cc1. The first-order valence-electron chi connectivity index (χ1n) is 8.83. The summed E-state index contributed by atoms with van der Waals surface area (Å²) in [5.41, 5.74) is 2.65. The molecule has 0 radical (unpaired) electrons. The number of aryl methyl sites for hydroxylation is 1. The minimum absolute atomic E-state index is 0.153. The Morgan fingerprint density at radius 1 is 1.14 bits per heavy atom. The molecule has 144 valence electrons. The molecule has 0 aliphatic carbocycles. The van der Waals surface area contributed by atoms with Crippen molar-refractivity contribution >= 4 is 23.4 Å². The Kier molecular flexibility index (Phi) is 5.16. The van der Waals surface area contributed by atoms with E-state index in [2.05, 4.69) is 20.8 Å². The van der Waals surface area contributed by atoms with Crippen molar-refractivity contribution in [2.75, 3.05) is 18.5 Å². The molecule has 4 rings (SSSR count). The number of carbonyl (C=O) groups is 1. The maximum atomic E-state index is 12.6. The zero-order chi connectivity index (χ0) is 19.5. The predicted octanol–water partition coefficient (Wildman–Crippen LogP) is 2.86. The number of tetrazole rings is 1. The van der Waals surface area contributed by atoms with Gasteiger partial charge in [-0.2, -0.15) is 4.68 Å². The molecule has 9 heteroatoms. The van der Waals surface area contributed by atoms with E-state index in [0.717, 1.165) is 11.3 Å². The molecule has 0 fully saturated rings. The molecule has 0 bridgehead atoms. The van der Waals surface area contributed by atoms with Crippen LogP contribution in [0.5, 0.6) is 11.5 Å². The molecule has 2 heterocycles. The lowest BCUT2D eigenvalue weighted by molar-refractivity contribution is -0.115. The highest BCUT2D eigenvalue weighted by atomic mass is 32.2. The van der Waals surface area contributed by atoms with Gasteiger partial charge in [0.15, 0.2) is 11.5 Å². The maximum absolute atomic E-state index is 12.6. The molecule has 3 aromatic rings. The fourth-order valence-electron chi connectivity index (χ4n) is 2.68. The molecule has 8 nitrogen and oxygen atoms in total. The highest BCUT2D eigenvalue weighted by Gasteiger charge is 2.20. The van der Waals surface area contributed by atoms with Crippen LogP contribution in [0.2, 0.25) is 0 Å². The van der Waals surface area contributed by atoms with Crippen molar-refractivity contribution in [1.82, 2.24) is 20.2 Å². The van der Waals surface area contributed by atoms with Crippen LogP contribution in [-0.2, 0) is 4.79 Å². The smallest absolute Gasteiger partial charge is 0.237 e. The van der Waals surface area contributed by atoms with Gasteiger partial charge in [-0.1, -0.05) is 29.5 Å². The summed E-state index contributed by atoms with van der Waals surface area (Å²) in [6.45, 7) is 4.86. The van der Waals surface area contributed by atoms with Gasteiger partial charge in [-0.05, 0) is 48.5 Å². The van der Waals surface area contributed by atoms with Gasteiger partial charge in [0.1, 0.15) is 13.2 Å². The van der Waals surface area contributed by atoms with Crippen molar-refractivity contribution in [3.63, 3.8) is 0 Å². The van der Waals surface area contributed by atoms with Gasteiger partial charge in [-0.25, -0.2) is 0 Å². The van der Waals surface area contributed by atoms with E-state index >= 15 is 0 Å². The van der Waals surface area contributed by atoms with Crippen LogP contribution < -0.4 is 14.8 Å². The number of fused-ring (bicyclic) bond motifs is 1. The molecule has 1 N–H and O–H groups in total. The van der Waals surface area contributed by atoms with E-state index < -0.39 is 5.25 Å². The van der Waals surface area contributed by atoms with Crippen LogP contribution in [0.15, 0.2) is 47.6 Å². The van der Waals surface area contributed by atoms with Gasteiger partial charge >= 0.3 is 0 Å². The Bertz CT molecular complexity index is 989. The van der Waals surface area contributed by atoms with Crippen LogP contribution in [-0.4, -0.2) is 44.6 Å². The first kappa shape index (κ1) is 18.3. The normalized spacial score (nSPS) is 13.8. The lowest BCUT2D eigenvalue weighted by atomic mass is 10.2. The number of aromatic nitrogens is 4. The number of anilines is 1. The van der Waals surface area contributed by atoms with Crippen LogP contribution in [0.4, 0.5) is 5.69 Å². The topological polar surface area (TPSA) is 91.2 Å². The van der Waals surface area contributed by atoms with Gasteiger partial charge < -0.3 is 14.8 Å². The average Bonchev–Trinajstić information content (AvgIpc) is 3.16. The predicted molar refractivity (Wildman–Crippen MR) is 105 cm³/mol. The Hall–Kier alpha value is -3.07. The number of hydrogen-bond donors (Lipinski definition) is 1. The van der Waals surface area contributed by atoms with E-state index in [0.29, 0.717) is 35.6 Å². The fourth-order valence-corrected chi connectivity index (χ4v) is 3.48. The van der Waals surface area contributed by atoms with Crippen molar-refractivity contribution in [1.29, 1.82) is 0 Å². The lowest BCUT2D eigenvalue weighted by Crippen LogP contribution is -2.23. The first-order valence-corrected chi connectivity index (χ1v) is 9.71. The standard InChI is InChI=1S/C19H19N5O3S/c1-12-3-6-15(7-4-12)24-19(21-22-23-24)28-13(2)18(25)20-14-5-8-16-17(11-14)27-10-9-26-16/h3-8,11,13H,9-10H2,1-2H3,(H,20,25)/t13-/m1/s1. The Labute approximate surface area is 166 Å². The lowest BCUT2D eigenvalue weighted by Gasteiger charge is -2.19. The van der Waals surface area contributed by atoms with Gasteiger partial charge in [0.05, 0.1) is 10.9 Å². The number of nitrogens with zero attached hydrogens (tertiary/aromatic N) is 4. The first-order chi connectivity index (χ1) is 13.6. The summed E-state index contributed by atoms with van der Waals surface area (Å²) >= 11 is 1.29. The molecule has 2 aromatic carbocycles. The van der Waals surface area contributed by atoms with Crippen LogP contribution in [0.1, 0.15) is 12.5 Å². The van der Waals surface area contributed by atoms with Gasteiger partial charge in [-0.15, -0.1) is 5.10 Å². The molecule has 0 saturated heterocycles. The number of rotatable bonds is 5. The third-order valence-electron chi connectivity index (χ3n) is 4.18. The Morgan fingerprint density at radius 3 is 2.68 bits per heavy atom. The second-order valence-corrected chi connectivity index (χ2v) is 7.62. The van der Waals surface area contributed by atoms with E-state index in [4.69, 9.17) is 9.47 Å². The van der Waals surface area contributed by atoms with Crippen molar-refractivity contribution in [3.05, 3.63) is 48.0 Å². The van der Waals surface area contributed by atoms with E-state index in [-0.39, 0.29) is 5.91 Å². The minimum atomic E-state index is -0.400. The van der Waals surface area contributed by atoms with Gasteiger partial charge in [0, 0.05) is 11.8 Å². The van der Waals surface area contributed by atoms with Gasteiger partial charge in [-0.3, -0.25) is 4.79 Å². The van der Waals surface area contributed by atoms with Crippen molar-refractivity contribution in [2.24, 2.45) is 0 Å². The van der Waals surface area contributed by atoms with Crippen LogP contribution in [0.3, 0.4) is 0 Å². The Balaban J connectivity index is 1.44. The molecule has 1 aromatic heterocycles. The second kappa shape index (κ2) is 7.89. The molecule has 1 aliphatic rings. The largest absolute Gasteiger partial charge is 0.486 e. The van der Waals surface area contributed by atoms with E-state index in [1.54, 1.807) is 22.9 Å². The number of nitrogens with one attached hydrogen (secondary N) is 1. The second-order valence-electron chi connectivity index (χ2n) is 6.32. The van der Waals surface area contributed by atoms with Crippen molar-refractivity contribution < 1.29 is 14.3 Å². The summed E-state index contributed by atoms with van der Waals surface area (Å²) in [6.07, 6.45) is 0. The quantitative estimate of drug-likeness (QED) is 0.662. The Morgan fingerprint density at radius 2 is 1.89 bits per heavy atom. The van der Waals surface area contributed by atoms with Crippen LogP contribution in [0, 0.1) is 6.92 Å². The summed E-state index contributed by atoms with van der Waals surface area (Å²) in [7, 11) is 0. The third kappa shape index (κ3) is 3.94. The molecular weight excluding hydrogens is 378 g/mol. The summed E-state index contributed by atoms with van der Waals surface area (Å²) in [6, 6.07) is 13.2. The highest BCUT2D eigenvalue weighted by Crippen LogP contribution is 2.33. The average molecular weight is 397 g/mol. The highest BCUT2D eigenvalue weighted by molar-refractivity contribution is 8.00. The number of thioether (sulfide) groups is 1. The summed E-state index contributed by atoms with van der Waals surface area (Å²) in [4.78, 5) is 12.6. The molecule has 0 saturated carbocycles. The van der Waals surface area contributed by atoms with E-state index in [1.807, 2.05) is 38.1 Å². The zero-order valence-electron chi connectivity index (χ0n) is 15.5. The van der Waals surface area contributed by atoms with Crippen molar-refractivity contribution in [2.45, 2.75) is 24.3 Å². The molecule has 1 aliphatic heterocycles. The molecule has 0 spiro atoms. The molecule has 1 amide bonds. The number of hydrogen-bond acceptors (Lipinski definition) is 7. The molecule has 1 atom stereocenters. The minimum Gasteiger partial charge on any atom is -0.486 e. The monoisotopic (exact) mass is 397 g/mol. The summed E-state index contributed by atoms with van der Waals surface area (Å²) < 4.78 is 12.7. The van der Waals surface area contributed by atoms with E-state index in [9.17, 15) is 4.79 Å². The third-order valence-corrected chi connectivity index (χ3v) is 5.21. The van der Waals surface area contributed by atoms with Crippen molar-refractivity contribution in [3.8, 4) is 17.2 Å². The van der Waals surface area contributed by atoms with Gasteiger partial charge in [0.25, 0.3) is 0 Å². The number of ether oxygens (including phenoxy) is 2. The molecule has 28 heavy (non-hydrogen) atoms. The maximum Gasteiger partial charge on any atom is 0.237 e. The number of benzene rings is 2.